The van der Waals surface area contributed by atoms with E-state index in [4.69, 9.17) is 5.11 Å². The highest BCUT2D eigenvalue weighted by atomic mass is 16.4. The minimum absolute atomic E-state index is 0.230. The lowest BCUT2D eigenvalue weighted by atomic mass is 10.0. The van der Waals surface area contributed by atoms with E-state index in [-0.39, 0.29) is 12.5 Å². The molecule has 0 aliphatic heterocycles. The van der Waals surface area contributed by atoms with Crippen molar-refractivity contribution in [3.05, 3.63) is 40.8 Å². The van der Waals surface area contributed by atoms with Gasteiger partial charge in [0, 0.05) is 6.42 Å². The SMILES string of the molecule is O=NC(CCCCCCC(=O)O)c1ccccc1. The molecule has 4 heteroatoms. The van der Waals surface area contributed by atoms with Crippen LogP contribution in [0.25, 0.3) is 0 Å². The van der Waals surface area contributed by atoms with Crippen molar-refractivity contribution >= 4 is 5.97 Å². The summed E-state index contributed by atoms with van der Waals surface area (Å²) in [7, 11) is 0. The van der Waals surface area contributed by atoms with E-state index >= 15 is 0 Å². The summed E-state index contributed by atoms with van der Waals surface area (Å²) >= 11 is 0. The molecule has 1 aromatic rings. The first kappa shape index (κ1) is 14.4. The molecule has 1 atom stereocenters. The molecule has 0 bridgehead atoms. The van der Waals surface area contributed by atoms with Gasteiger partial charge in [-0.2, -0.15) is 4.91 Å². The normalized spacial score (nSPS) is 12.0. The molecular weight excluding hydrogens is 230 g/mol. The summed E-state index contributed by atoms with van der Waals surface area (Å²) in [5.41, 5.74) is 0.957. The summed E-state index contributed by atoms with van der Waals surface area (Å²) < 4.78 is 0. The maximum Gasteiger partial charge on any atom is 0.303 e. The van der Waals surface area contributed by atoms with Crippen molar-refractivity contribution in [2.24, 2.45) is 5.18 Å². The van der Waals surface area contributed by atoms with E-state index in [1.165, 1.54) is 0 Å². The number of carboxylic acids is 1. The second-order valence-corrected chi connectivity index (χ2v) is 4.38. The number of hydrogen-bond acceptors (Lipinski definition) is 3. The second-order valence-electron chi connectivity index (χ2n) is 4.38. The molecule has 1 unspecified atom stereocenters. The molecular formula is C14H19NO3. The van der Waals surface area contributed by atoms with Gasteiger partial charge < -0.3 is 5.11 Å². The first-order valence-electron chi connectivity index (χ1n) is 6.33. The molecule has 0 spiro atoms. The van der Waals surface area contributed by atoms with Crippen LogP contribution in [0.5, 0.6) is 0 Å². The number of nitroso groups, excluding NO2 is 1. The molecule has 1 N–H and O–H groups in total. The molecule has 1 rings (SSSR count). The average molecular weight is 249 g/mol. The number of hydrogen-bond donors (Lipinski definition) is 1. The minimum atomic E-state index is -0.744. The number of rotatable bonds is 9. The summed E-state index contributed by atoms with van der Waals surface area (Å²) in [6, 6.07) is 9.27. The number of carboxylic acid groups (broad SMARTS) is 1. The van der Waals surface area contributed by atoms with Crippen molar-refractivity contribution in [1.29, 1.82) is 0 Å². The van der Waals surface area contributed by atoms with Gasteiger partial charge in [-0.05, 0) is 18.4 Å². The van der Waals surface area contributed by atoms with Gasteiger partial charge in [0.1, 0.15) is 6.04 Å². The van der Waals surface area contributed by atoms with Gasteiger partial charge in [0.25, 0.3) is 0 Å². The molecule has 18 heavy (non-hydrogen) atoms. The van der Waals surface area contributed by atoms with Gasteiger partial charge >= 0.3 is 5.97 Å². The zero-order valence-corrected chi connectivity index (χ0v) is 10.4. The van der Waals surface area contributed by atoms with Gasteiger partial charge in [-0.1, -0.05) is 54.8 Å². The van der Waals surface area contributed by atoms with Crippen LogP contribution in [0.15, 0.2) is 35.5 Å². The molecule has 0 radical (unpaired) electrons. The van der Waals surface area contributed by atoms with Crippen LogP contribution in [0.2, 0.25) is 0 Å². The Bertz CT molecular complexity index is 365. The first-order chi connectivity index (χ1) is 8.74. The summed E-state index contributed by atoms with van der Waals surface area (Å²) in [4.78, 5) is 21.1. The van der Waals surface area contributed by atoms with Crippen molar-refractivity contribution in [3.63, 3.8) is 0 Å². The topological polar surface area (TPSA) is 66.7 Å². The lowest BCUT2D eigenvalue weighted by Crippen LogP contribution is -1.96. The summed E-state index contributed by atoms with van der Waals surface area (Å²) in [6.07, 6.45) is 4.43. The molecule has 0 saturated carbocycles. The smallest absolute Gasteiger partial charge is 0.303 e. The Hall–Kier alpha value is -1.71. The Labute approximate surface area is 107 Å². The third-order valence-electron chi connectivity index (χ3n) is 2.93. The van der Waals surface area contributed by atoms with E-state index in [0.29, 0.717) is 6.42 Å². The van der Waals surface area contributed by atoms with Crippen molar-refractivity contribution in [2.75, 3.05) is 0 Å². The molecule has 0 heterocycles. The fraction of sp³-hybridized carbons (Fsp3) is 0.500. The highest BCUT2D eigenvalue weighted by molar-refractivity contribution is 5.66. The Morgan fingerprint density at radius 1 is 1.11 bits per heavy atom. The quantitative estimate of drug-likeness (QED) is 0.532. The zero-order valence-electron chi connectivity index (χ0n) is 10.4. The van der Waals surface area contributed by atoms with Crippen LogP contribution in [0.3, 0.4) is 0 Å². The lowest BCUT2D eigenvalue weighted by Gasteiger charge is -2.08. The molecule has 1 aromatic carbocycles. The Kier molecular flexibility index (Phi) is 6.69. The van der Waals surface area contributed by atoms with Crippen molar-refractivity contribution in [1.82, 2.24) is 0 Å². The fourth-order valence-corrected chi connectivity index (χ4v) is 1.92. The van der Waals surface area contributed by atoms with Crippen molar-refractivity contribution < 1.29 is 9.90 Å². The van der Waals surface area contributed by atoms with Crippen LogP contribution >= 0.6 is 0 Å². The maximum atomic E-state index is 10.8. The van der Waals surface area contributed by atoms with E-state index in [9.17, 15) is 9.70 Å². The summed E-state index contributed by atoms with van der Waals surface area (Å²) in [5, 5.41) is 11.6. The molecule has 0 aromatic heterocycles. The number of aliphatic carboxylic acids is 1. The second kappa shape index (κ2) is 8.39. The number of carbonyl (C=O) groups is 1. The van der Waals surface area contributed by atoms with Crippen molar-refractivity contribution in [3.8, 4) is 0 Å². The summed E-state index contributed by atoms with van der Waals surface area (Å²) in [6.45, 7) is 0. The zero-order chi connectivity index (χ0) is 13.2. The van der Waals surface area contributed by atoms with Crippen LogP contribution in [-0.2, 0) is 4.79 Å². The Balaban J connectivity index is 2.21. The Morgan fingerprint density at radius 3 is 2.39 bits per heavy atom. The Morgan fingerprint density at radius 2 is 1.78 bits per heavy atom. The first-order valence-corrected chi connectivity index (χ1v) is 6.33. The van der Waals surface area contributed by atoms with Crippen LogP contribution in [0.1, 0.15) is 50.1 Å². The van der Waals surface area contributed by atoms with Crippen LogP contribution in [0, 0.1) is 4.91 Å². The third-order valence-corrected chi connectivity index (χ3v) is 2.93. The van der Waals surface area contributed by atoms with E-state index in [1.807, 2.05) is 30.3 Å². The fourth-order valence-electron chi connectivity index (χ4n) is 1.92. The number of benzene rings is 1. The molecule has 0 aliphatic rings. The highest BCUT2D eigenvalue weighted by Gasteiger charge is 2.10. The monoisotopic (exact) mass is 249 g/mol. The molecule has 0 amide bonds. The van der Waals surface area contributed by atoms with E-state index in [0.717, 1.165) is 31.2 Å². The molecule has 0 fully saturated rings. The van der Waals surface area contributed by atoms with E-state index in [2.05, 4.69) is 5.18 Å². The van der Waals surface area contributed by atoms with Crippen LogP contribution in [-0.4, -0.2) is 11.1 Å². The molecule has 0 saturated heterocycles. The van der Waals surface area contributed by atoms with Gasteiger partial charge in [-0.25, -0.2) is 0 Å². The minimum Gasteiger partial charge on any atom is -0.481 e. The number of unbranched alkanes of at least 4 members (excludes halogenated alkanes) is 3. The van der Waals surface area contributed by atoms with Gasteiger partial charge in [-0.3, -0.25) is 4.79 Å². The number of nitrogens with zero attached hydrogens (tertiary/aromatic N) is 1. The maximum absolute atomic E-state index is 10.8. The van der Waals surface area contributed by atoms with E-state index in [1.54, 1.807) is 0 Å². The van der Waals surface area contributed by atoms with Gasteiger partial charge in [0.2, 0.25) is 0 Å². The predicted octanol–water partition coefficient (Wildman–Crippen LogP) is 3.92. The highest BCUT2D eigenvalue weighted by Crippen LogP contribution is 2.23. The largest absolute Gasteiger partial charge is 0.481 e. The van der Waals surface area contributed by atoms with Gasteiger partial charge in [0.05, 0.1) is 0 Å². The summed E-state index contributed by atoms with van der Waals surface area (Å²) in [5.74, 6) is -0.744. The van der Waals surface area contributed by atoms with Crippen LogP contribution in [0.4, 0.5) is 0 Å². The molecule has 4 nitrogen and oxygen atoms in total. The lowest BCUT2D eigenvalue weighted by molar-refractivity contribution is -0.137. The molecule has 0 aliphatic carbocycles. The van der Waals surface area contributed by atoms with Gasteiger partial charge in [-0.15, -0.1) is 0 Å². The average Bonchev–Trinajstić information content (AvgIpc) is 2.38. The predicted molar refractivity (Wildman–Crippen MR) is 70.3 cm³/mol. The van der Waals surface area contributed by atoms with Gasteiger partial charge in [0.15, 0.2) is 0 Å². The van der Waals surface area contributed by atoms with Crippen molar-refractivity contribution in [2.45, 2.75) is 44.6 Å². The third kappa shape index (κ3) is 5.57. The molecule has 98 valence electrons. The van der Waals surface area contributed by atoms with E-state index < -0.39 is 5.97 Å². The standard InChI is InChI=1S/C14H19NO3/c16-14(17)11-7-2-1-6-10-13(15-18)12-8-4-3-5-9-12/h3-5,8-9,13H,1-2,6-7,10-11H2,(H,16,17). The van der Waals surface area contributed by atoms with Crippen LogP contribution < -0.4 is 0 Å².